The second kappa shape index (κ2) is 6.23. The first kappa shape index (κ1) is 17.9. The van der Waals surface area contributed by atoms with E-state index in [4.69, 9.17) is 10.9 Å². The van der Waals surface area contributed by atoms with E-state index >= 15 is 0 Å². The van der Waals surface area contributed by atoms with Crippen molar-refractivity contribution >= 4 is 31.6 Å². The number of hydrogen-bond donors (Lipinski definition) is 3. The zero-order valence-electron chi connectivity index (χ0n) is 12.6. The Bertz CT molecular complexity index is 997. The maximum absolute atomic E-state index is 12.6. The molecule has 0 saturated heterocycles. The van der Waals surface area contributed by atoms with Gasteiger partial charge in [-0.3, -0.25) is 0 Å². The predicted molar refractivity (Wildman–Crippen MR) is 87.7 cm³/mol. The molecule has 0 aliphatic heterocycles. The van der Waals surface area contributed by atoms with Crippen LogP contribution in [0.15, 0.2) is 57.2 Å². The van der Waals surface area contributed by atoms with Crippen molar-refractivity contribution in [2.24, 2.45) is 10.9 Å². The van der Waals surface area contributed by atoms with Gasteiger partial charge in [-0.2, -0.15) is 0 Å². The second-order valence-corrected chi connectivity index (χ2v) is 8.49. The first-order valence-electron chi connectivity index (χ1n) is 6.57. The van der Waals surface area contributed by atoms with Crippen LogP contribution in [0.25, 0.3) is 0 Å². The highest BCUT2D eigenvalue weighted by Crippen LogP contribution is 2.28. The van der Waals surface area contributed by atoms with Crippen molar-refractivity contribution in [3.63, 3.8) is 0 Å². The lowest BCUT2D eigenvalue weighted by Crippen LogP contribution is -2.23. The molecular formula is C14H15N3O5S2. The van der Waals surface area contributed by atoms with Gasteiger partial charge in [-0.15, -0.1) is 0 Å². The Morgan fingerprint density at radius 1 is 0.958 bits per heavy atom. The quantitative estimate of drug-likeness (QED) is 0.734. The first-order chi connectivity index (χ1) is 11.0. The van der Waals surface area contributed by atoms with Crippen LogP contribution in [0.4, 0.5) is 10.5 Å². The number of nitrogens with two attached hydrogens (primary N) is 2. The van der Waals surface area contributed by atoms with E-state index in [1.807, 2.05) is 6.92 Å². The molecule has 128 valence electrons. The van der Waals surface area contributed by atoms with E-state index in [1.54, 1.807) is 12.1 Å². The van der Waals surface area contributed by atoms with Gasteiger partial charge in [-0.05, 0) is 37.3 Å². The van der Waals surface area contributed by atoms with Crippen molar-refractivity contribution in [1.29, 1.82) is 0 Å². The van der Waals surface area contributed by atoms with Gasteiger partial charge in [0, 0.05) is 0 Å². The standard InChI is InChI=1S/C14H15N3O5S2/c1-9-2-4-10(5-3-9)23(19,20)11-6-7-13(24(16,21)22)12(8-11)17-14(15)18/h2-8H,1H3,(H3,15,17,18)(H2,16,21,22). The van der Waals surface area contributed by atoms with Gasteiger partial charge in [-0.1, -0.05) is 17.7 Å². The number of benzene rings is 2. The van der Waals surface area contributed by atoms with Gasteiger partial charge in [-0.25, -0.2) is 26.8 Å². The topological polar surface area (TPSA) is 149 Å². The first-order valence-corrected chi connectivity index (χ1v) is 9.60. The summed E-state index contributed by atoms with van der Waals surface area (Å²) in [5, 5.41) is 7.12. The number of aryl methyl sites for hydroxylation is 1. The lowest BCUT2D eigenvalue weighted by Gasteiger charge is -2.11. The molecule has 0 aromatic heterocycles. The third kappa shape index (κ3) is 3.72. The largest absolute Gasteiger partial charge is 0.351 e. The summed E-state index contributed by atoms with van der Waals surface area (Å²) in [5.41, 5.74) is 5.57. The Hall–Kier alpha value is -2.43. The van der Waals surface area contributed by atoms with E-state index in [2.05, 4.69) is 5.32 Å². The molecule has 2 rings (SSSR count). The highest BCUT2D eigenvalue weighted by atomic mass is 32.2. The van der Waals surface area contributed by atoms with E-state index in [9.17, 15) is 21.6 Å². The molecule has 0 bridgehead atoms. The number of nitrogens with one attached hydrogen (secondary N) is 1. The van der Waals surface area contributed by atoms with Gasteiger partial charge in [0.05, 0.1) is 15.5 Å². The SMILES string of the molecule is Cc1ccc(S(=O)(=O)c2ccc(S(N)(=O)=O)c(NC(N)=O)c2)cc1. The minimum atomic E-state index is -4.18. The molecule has 2 aromatic rings. The molecule has 2 aromatic carbocycles. The van der Waals surface area contributed by atoms with Crippen LogP contribution in [-0.4, -0.2) is 22.9 Å². The molecule has 0 saturated carbocycles. The number of amides is 2. The van der Waals surface area contributed by atoms with E-state index in [1.165, 1.54) is 12.1 Å². The highest BCUT2D eigenvalue weighted by Gasteiger charge is 2.22. The van der Waals surface area contributed by atoms with Crippen molar-refractivity contribution in [2.45, 2.75) is 21.6 Å². The van der Waals surface area contributed by atoms with Crippen LogP contribution in [0.5, 0.6) is 0 Å². The molecule has 0 aliphatic rings. The number of primary sulfonamides is 1. The average molecular weight is 369 g/mol. The Kier molecular flexibility index (Phi) is 4.65. The maximum atomic E-state index is 12.6. The van der Waals surface area contributed by atoms with Crippen LogP contribution in [0, 0.1) is 6.92 Å². The molecule has 5 N–H and O–H groups in total. The van der Waals surface area contributed by atoms with Gasteiger partial charge >= 0.3 is 6.03 Å². The normalized spacial score (nSPS) is 11.9. The number of primary amides is 1. The second-order valence-electron chi connectivity index (χ2n) is 5.01. The number of sulfone groups is 1. The average Bonchev–Trinajstić information content (AvgIpc) is 2.45. The fourth-order valence-electron chi connectivity index (χ4n) is 2.01. The van der Waals surface area contributed by atoms with E-state index in [-0.39, 0.29) is 15.5 Å². The van der Waals surface area contributed by atoms with Gasteiger partial charge in [0.2, 0.25) is 19.9 Å². The summed E-state index contributed by atoms with van der Waals surface area (Å²) in [6.45, 7) is 1.81. The molecular weight excluding hydrogens is 354 g/mol. The fourth-order valence-corrected chi connectivity index (χ4v) is 3.97. The van der Waals surface area contributed by atoms with Gasteiger partial charge < -0.3 is 11.1 Å². The summed E-state index contributed by atoms with van der Waals surface area (Å²) >= 11 is 0. The van der Waals surface area contributed by atoms with Gasteiger partial charge in [0.25, 0.3) is 0 Å². The molecule has 0 spiro atoms. The number of rotatable bonds is 4. The number of hydrogen-bond acceptors (Lipinski definition) is 5. The van der Waals surface area contributed by atoms with E-state index in [0.29, 0.717) is 0 Å². The molecule has 2 amide bonds. The van der Waals surface area contributed by atoms with Crippen LogP contribution in [-0.2, 0) is 19.9 Å². The zero-order valence-corrected chi connectivity index (χ0v) is 14.2. The lowest BCUT2D eigenvalue weighted by atomic mass is 10.2. The molecule has 0 fully saturated rings. The molecule has 0 atom stereocenters. The van der Waals surface area contributed by atoms with Crippen LogP contribution in [0.3, 0.4) is 0 Å². The number of carbonyl (C=O) groups is 1. The number of anilines is 1. The van der Waals surface area contributed by atoms with Crippen LogP contribution < -0.4 is 16.2 Å². The van der Waals surface area contributed by atoms with Crippen molar-refractivity contribution in [3.05, 3.63) is 48.0 Å². The highest BCUT2D eigenvalue weighted by molar-refractivity contribution is 7.91. The lowest BCUT2D eigenvalue weighted by molar-refractivity contribution is 0.259. The summed E-state index contributed by atoms with van der Waals surface area (Å²) in [4.78, 5) is 10.4. The maximum Gasteiger partial charge on any atom is 0.316 e. The predicted octanol–water partition coefficient (Wildman–Crippen LogP) is 0.966. The van der Waals surface area contributed by atoms with E-state index < -0.39 is 30.8 Å². The Morgan fingerprint density at radius 2 is 1.50 bits per heavy atom. The molecule has 8 nitrogen and oxygen atoms in total. The van der Waals surface area contributed by atoms with E-state index in [0.717, 1.165) is 23.8 Å². The van der Waals surface area contributed by atoms with Crippen molar-refractivity contribution in [3.8, 4) is 0 Å². The van der Waals surface area contributed by atoms with Crippen molar-refractivity contribution < 1.29 is 21.6 Å². The van der Waals surface area contributed by atoms with Crippen LogP contribution >= 0.6 is 0 Å². The van der Waals surface area contributed by atoms with Gasteiger partial charge in [0.1, 0.15) is 4.90 Å². The van der Waals surface area contributed by atoms with Crippen molar-refractivity contribution in [2.75, 3.05) is 5.32 Å². The van der Waals surface area contributed by atoms with Gasteiger partial charge in [0.15, 0.2) is 0 Å². The molecule has 0 radical (unpaired) electrons. The zero-order chi connectivity index (χ0) is 18.1. The third-order valence-corrected chi connectivity index (χ3v) is 5.89. The molecule has 0 heterocycles. The summed E-state index contributed by atoms with van der Waals surface area (Å²) in [5.74, 6) is 0. The van der Waals surface area contributed by atoms with Crippen LogP contribution in [0.1, 0.15) is 5.56 Å². The molecule has 0 unspecified atom stereocenters. The Labute approximate surface area is 139 Å². The molecule has 0 aliphatic carbocycles. The monoisotopic (exact) mass is 369 g/mol. The Morgan fingerprint density at radius 3 is 2.00 bits per heavy atom. The summed E-state index contributed by atoms with van der Waals surface area (Å²) < 4.78 is 48.3. The minimum Gasteiger partial charge on any atom is -0.351 e. The summed E-state index contributed by atoms with van der Waals surface area (Å²) in [6.07, 6.45) is 0. The summed E-state index contributed by atoms with van der Waals surface area (Å²) in [6, 6.07) is 8.17. The summed E-state index contributed by atoms with van der Waals surface area (Å²) in [7, 11) is -8.08. The van der Waals surface area contributed by atoms with Crippen molar-refractivity contribution in [1.82, 2.24) is 0 Å². The molecule has 24 heavy (non-hydrogen) atoms. The number of carbonyl (C=O) groups excluding carboxylic acids is 1. The minimum absolute atomic E-state index is 0.0291. The fraction of sp³-hybridized carbons (Fsp3) is 0.0714. The Balaban J connectivity index is 2.63. The third-order valence-electron chi connectivity index (χ3n) is 3.16. The molecule has 10 heteroatoms. The number of urea groups is 1. The van der Waals surface area contributed by atoms with Crippen LogP contribution in [0.2, 0.25) is 0 Å². The smallest absolute Gasteiger partial charge is 0.316 e. The number of sulfonamides is 1.